The molecule has 0 aliphatic heterocycles. The molecule has 3 aromatic rings. The van der Waals surface area contributed by atoms with E-state index in [1.165, 1.54) is 29.1 Å². The third kappa shape index (κ3) is 6.02. The molecular weight excluding hydrogens is 452 g/mol. The van der Waals surface area contributed by atoms with Crippen LogP contribution in [0.5, 0.6) is 5.75 Å². The first-order valence-electron chi connectivity index (χ1n) is 10.5. The number of pyridine rings is 1. The number of hydrogen-bond donors (Lipinski definition) is 2. The number of carbonyl (C=O) groups is 1. The average Bonchev–Trinajstić information content (AvgIpc) is 2.76. The Hall–Kier alpha value is -2.57. The second-order valence-electron chi connectivity index (χ2n) is 7.97. The Labute approximate surface area is 198 Å². The number of rotatable bonds is 6. The van der Waals surface area contributed by atoms with E-state index in [0.29, 0.717) is 11.8 Å². The van der Waals surface area contributed by atoms with E-state index < -0.39 is 5.82 Å². The predicted octanol–water partition coefficient (Wildman–Crippen LogP) is 5.68. The molecule has 1 amide bonds. The summed E-state index contributed by atoms with van der Waals surface area (Å²) in [5.41, 5.74) is 2.20. The number of hydrogen-bond acceptors (Lipinski definition) is 4. The topological polar surface area (TPSA) is 63.2 Å². The number of anilines is 1. The van der Waals surface area contributed by atoms with Gasteiger partial charge in [-0.15, -0.1) is 12.4 Å². The van der Waals surface area contributed by atoms with Crippen LogP contribution in [-0.2, 0) is 4.79 Å². The number of carbonyl (C=O) groups excluding carboxylic acids is 1. The zero-order valence-electron chi connectivity index (χ0n) is 17.7. The van der Waals surface area contributed by atoms with Crippen LogP contribution in [0, 0.1) is 12.7 Å². The molecule has 2 N–H and O–H groups in total. The molecule has 32 heavy (non-hydrogen) atoms. The number of fused-ring (bicyclic) bond motifs is 1. The maximum absolute atomic E-state index is 13.2. The fourth-order valence-corrected chi connectivity index (χ4v) is 4.17. The van der Waals surface area contributed by atoms with E-state index in [0.717, 1.165) is 37.0 Å². The van der Waals surface area contributed by atoms with Crippen molar-refractivity contribution in [2.75, 3.05) is 11.9 Å². The van der Waals surface area contributed by atoms with Gasteiger partial charge in [0.25, 0.3) is 5.91 Å². The van der Waals surface area contributed by atoms with Crippen molar-refractivity contribution in [3.63, 3.8) is 0 Å². The number of nitrogens with zero attached hydrogens (tertiary/aromatic N) is 1. The van der Waals surface area contributed by atoms with Gasteiger partial charge in [0.2, 0.25) is 0 Å². The third-order valence-electron chi connectivity index (χ3n) is 5.63. The maximum Gasteiger partial charge on any atom is 0.258 e. The molecule has 1 aliphatic carbocycles. The largest absolute Gasteiger partial charge is 0.484 e. The van der Waals surface area contributed by atoms with Crippen LogP contribution in [0.2, 0.25) is 5.02 Å². The van der Waals surface area contributed by atoms with Crippen molar-refractivity contribution in [1.29, 1.82) is 0 Å². The minimum atomic E-state index is -0.516. The quantitative estimate of drug-likeness (QED) is 0.479. The Morgan fingerprint density at radius 2 is 1.84 bits per heavy atom. The number of benzene rings is 2. The first kappa shape index (κ1) is 24.1. The van der Waals surface area contributed by atoms with E-state index in [4.69, 9.17) is 21.3 Å². The molecular formula is C24H26Cl2FN3O2. The van der Waals surface area contributed by atoms with Gasteiger partial charge >= 0.3 is 0 Å². The number of nitrogens with one attached hydrogen (secondary N) is 2. The SMILES string of the molecule is Cc1cc(NC2CCC(NC(=O)COc3ccc(F)c(Cl)c3)CC2)nc2ccccc12.Cl. The number of ether oxygens (including phenoxy) is 1. The van der Waals surface area contributed by atoms with Crippen molar-refractivity contribution in [1.82, 2.24) is 10.3 Å². The number of aromatic nitrogens is 1. The van der Waals surface area contributed by atoms with Crippen LogP contribution >= 0.6 is 24.0 Å². The number of amides is 1. The predicted molar refractivity (Wildman–Crippen MR) is 128 cm³/mol. The number of para-hydroxylation sites is 1. The molecule has 1 aliphatic rings. The van der Waals surface area contributed by atoms with Crippen LogP contribution < -0.4 is 15.4 Å². The normalized spacial score (nSPS) is 18.0. The lowest BCUT2D eigenvalue weighted by Crippen LogP contribution is -2.42. The Morgan fingerprint density at radius 1 is 1.12 bits per heavy atom. The van der Waals surface area contributed by atoms with E-state index in [9.17, 15) is 9.18 Å². The van der Waals surface area contributed by atoms with Crippen molar-refractivity contribution < 1.29 is 13.9 Å². The standard InChI is InChI=1S/C24H25ClFN3O2.ClH/c1-15-12-23(29-22-5-3-2-4-19(15)22)27-16-6-8-17(9-7-16)28-24(30)14-31-18-10-11-21(26)20(25)13-18;/h2-5,10-13,16-17H,6-9,14H2,1H3,(H,27,29)(H,28,30);1H. The highest BCUT2D eigenvalue weighted by Gasteiger charge is 2.23. The summed E-state index contributed by atoms with van der Waals surface area (Å²) < 4.78 is 18.6. The molecule has 1 aromatic heterocycles. The Balaban J connectivity index is 0.00000289. The summed E-state index contributed by atoms with van der Waals surface area (Å²) in [4.78, 5) is 16.9. The minimum absolute atomic E-state index is 0. The molecule has 0 bridgehead atoms. The molecule has 2 aromatic carbocycles. The van der Waals surface area contributed by atoms with E-state index in [1.807, 2.05) is 18.2 Å². The average molecular weight is 478 g/mol. The fourth-order valence-electron chi connectivity index (χ4n) is 4.00. The van der Waals surface area contributed by atoms with Gasteiger partial charge in [0.15, 0.2) is 6.61 Å². The molecule has 0 spiro atoms. The van der Waals surface area contributed by atoms with E-state index >= 15 is 0 Å². The highest BCUT2D eigenvalue weighted by Crippen LogP contribution is 2.25. The van der Waals surface area contributed by atoms with Gasteiger partial charge in [0.05, 0.1) is 10.5 Å². The van der Waals surface area contributed by atoms with Gasteiger partial charge in [-0.25, -0.2) is 9.37 Å². The molecule has 0 radical (unpaired) electrons. The van der Waals surface area contributed by atoms with Crippen LogP contribution in [-0.4, -0.2) is 29.6 Å². The lowest BCUT2D eigenvalue weighted by molar-refractivity contribution is -0.124. The van der Waals surface area contributed by atoms with Crippen LogP contribution in [0.25, 0.3) is 10.9 Å². The molecule has 0 atom stereocenters. The van der Waals surface area contributed by atoms with Gasteiger partial charge in [-0.2, -0.15) is 0 Å². The summed E-state index contributed by atoms with van der Waals surface area (Å²) in [6, 6.07) is 14.7. The lowest BCUT2D eigenvalue weighted by Gasteiger charge is -2.30. The monoisotopic (exact) mass is 477 g/mol. The number of aryl methyl sites for hydroxylation is 1. The lowest BCUT2D eigenvalue weighted by atomic mass is 9.91. The van der Waals surface area contributed by atoms with Gasteiger partial charge in [0.1, 0.15) is 17.4 Å². The fraction of sp³-hybridized carbons (Fsp3) is 0.333. The summed E-state index contributed by atoms with van der Waals surface area (Å²) in [5, 5.41) is 7.71. The Bertz CT molecular complexity index is 1090. The molecule has 1 fully saturated rings. The van der Waals surface area contributed by atoms with Gasteiger partial charge in [-0.3, -0.25) is 4.79 Å². The maximum atomic E-state index is 13.2. The molecule has 0 saturated heterocycles. The highest BCUT2D eigenvalue weighted by atomic mass is 35.5. The van der Waals surface area contributed by atoms with Crippen molar-refractivity contribution >= 4 is 46.6 Å². The smallest absolute Gasteiger partial charge is 0.258 e. The van der Waals surface area contributed by atoms with Gasteiger partial charge in [-0.1, -0.05) is 29.8 Å². The van der Waals surface area contributed by atoms with Crippen LogP contribution in [0.3, 0.4) is 0 Å². The second-order valence-corrected chi connectivity index (χ2v) is 8.37. The van der Waals surface area contributed by atoms with Gasteiger partial charge in [0, 0.05) is 23.5 Å². The van der Waals surface area contributed by atoms with Crippen LogP contribution in [0.1, 0.15) is 31.2 Å². The highest BCUT2D eigenvalue weighted by molar-refractivity contribution is 6.30. The van der Waals surface area contributed by atoms with E-state index in [-0.39, 0.29) is 36.0 Å². The van der Waals surface area contributed by atoms with Crippen molar-refractivity contribution in [3.05, 3.63) is 64.9 Å². The number of halogens is 3. The summed E-state index contributed by atoms with van der Waals surface area (Å²) in [7, 11) is 0. The van der Waals surface area contributed by atoms with Gasteiger partial charge < -0.3 is 15.4 Å². The molecule has 170 valence electrons. The third-order valence-corrected chi connectivity index (χ3v) is 5.92. The van der Waals surface area contributed by atoms with Gasteiger partial charge in [-0.05, 0) is 62.4 Å². The molecule has 8 heteroatoms. The summed E-state index contributed by atoms with van der Waals surface area (Å²) in [6.07, 6.45) is 3.68. The molecule has 0 unspecified atom stereocenters. The van der Waals surface area contributed by atoms with Crippen molar-refractivity contribution in [3.8, 4) is 5.75 Å². The summed E-state index contributed by atoms with van der Waals surface area (Å²) in [6.45, 7) is 1.98. The van der Waals surface area contributed by atoms with Crippen molar-refractivity contribution in [2.24, 2.45) is 0 Å². The molecule has 5 nitrogen and oxygen atoms in total. The Kier molecular flexibility index (Phi) is 8.15. The summed E-state index contributed by atoms with van der Waals surface area (Å²) in [5.74, 6) is 0.559. The van der Waals surface area contributed by atoms with E-state index in [2.05, 4.69) is 29.7 Å². The molecule has 4 rings (SSSR count). The van der Waals surface area contributed by atoms with Crippen LogP contribution in [0.4, 0.5) is 10.2 Å². The zero-order chi connectivity index (χ0) is 21.8. The molecule has 1 heterocycles. The Morgan fingerprint density at radius 3 is 2.59 bits per heavy atom. The second kappa shape index (κ2) is 10.8. The minimum Gasteiger partial charge on any atom is -0.484 e. The van der Waals surface area contributed by atoms with Crippen molar-refractivity contribution in [2.45, 2.75) is 44.7 Å². The van der Waals surface area contributed by atoms with E-state index in [1.54, 1.807) is 0 Å². The zero-order valence-corrected chi connectivity index (χ0v) is 19.3. The van der Waals surface area contributed by atoms with Crippen LogP contribution in [0.15, 0.2) is 48.5 Å². The summed E-state index contributed by atoms with van der Waals surface area (Å²) >= 11 is 5.73. The first-order chi connectivity index (χ1) is 15.0. The first-order valence-corrected chi connectivity index (χ1v) is 10.9. The molecule has 1 saturated carbocycles.